The Kier molecular flexibility index (Phi) is 3.75. The molecule has 0 heterocycles. The van der Waals surface area contributed by atoms with E-state index >= 15 is 0 Å². The third kappa shape index (κ3) is 3.05. The highest BCUT2D eigenvalue weighted by molar-refractivity contribution is 5.92. The average Bonchev–Trinajstić information content (AvgIpc) is 2.33. The van der Waals surface area contributed by atoms with E-state index in [0.717, 1.165) is 24.9 Å². The normalized spacial score (nSPS) is 17.4. The summed E-state index contributed by atoms with van der Waals surface area (Å²) in [5.74, 6) is 0.379. The average molecular weight is 256 g/mol. The summed E-state index contributed by atoms with van der Waals surface area (Å²) in [4.78, 5) is 4.30. The molecule has 0 aromatic heterocycles. The minimum atomic E-state index is -0.268. The summed E-state index contributed by atoms with van der Waals surface area (Å²) in [5.41, 5.74) is 8.99. The van der Waals surface area contributed by atoms with Crippen molar-refractivity contribution < 1.29 is 0 Å². The molecule has 100 valence electrons. The predicted octanol–water partition coefficient (Wildman–Crippen LogP) is 2.72. The molecule has 0 unspecified atom stereocenters. The molecule has 1 aliphatic rings. The van der Waals surface area contributed by atoms with Gasteiger partial charge in [-0.3, -0.25) is 4.99 Å². The van der Waals surface area contributed by atoms with E-state index in [2.05, 4.69) is 30.2 Å². The van der Waals surface area contributed by atoms with Crippen molar-refractivity contribution in [1.82, 2.24) is 0 Å². The number of hydrogen-bond donors (Lipinski definition) is 2. The molecule has 19 heavy (non-hydrogen) atoms. The third-order valence-corrected chi connectivity index (χ3v) is 3.88. The van der Waals surface area contributed by atoms with Crippen molar-refractivity contribution in [2.24, 2.45) is 16.1 Å². The van der Waals surface area contributed by atoms with Crippen LogP contribution in [0.25, 0.3) is 0 Å². The maximum atomic E-state index is 9.13. The van der Waals surface area contributed by atoms with E-state index in [0.29, 0.717) is 12.5 Å². The molecule has 0 atom stereocenters. The molecule has 0 saturated heterocycles. The van der Waals surface area contributed by atoms with Crippen molar-refractivity contribution in [2.75, 3.05) is 11.9 Å². The van der Waals surface area contributed by atoms with Crippen LogP contribution in [0, 0.1) is 30.6 Å². The van der Waals surface area contributed by atoms with Crippen molar-refractivity contribution in [3.8, 4) is 6.07 Å². The maximum absolute atomic E-state index is 9.13. The lowest BCUT2D eigenvalue weighted by Crippen LogP contribution is -2.33. The summed E-state index contributed by atoms with van der Waals surface area (Å²) in [7, 11) is 0. The Morgan fingerprint density at radius 1 is 1.42 bits per heavy atom. The Morgan fingerprint density at radius 3 is 2.68 bits per heavy atom. The summed E-state index contributed by atoms with van der Waals surface area (Å²) in [6.07, 6.45) is 2.99. The smallest absolute Gasteiger partial charge is 0.193 e. The van der Waals surface area contributed by atoms with Crippen LogP contribution in [0.3, 0.4) is 0 Å². The number of benzene rings is 1. The molecule has 1 aromatic rings. The van der Waals surface area contributed by atoms with E-state index in [1.807, 2.05) is 18.2 Å². The molecule has 3 N–H and O–H groups in total. The highest BCUT2D eigenvalue weighted by Gasteiger charge is 2.36. The van der Waals surface area contributed by atoms with Crippen LogP contribution in [0.15, 0.2) is 23.2 Å². The van der Waals surface area contributed by atoms with E-state index in [1.165, 1.54) is 11.1 Å². The SMILES string of the molecule is Cc1ccc(NC(N)=NCC2(C#N)CCC2)cc1C. The number of guanidine groups is 1. The molecule has 4 heteroatoms. The Bertz CT molecular complexity index is 536. The first-order chi connectivity index (χ1) is 9.04. The van der Waals surface area contributed by atoms with Gasteiger partial charge in [0.05, 0.1) is 18.0 Å². The van der Waals surface area contributed by atoms with E-state index in [9.17, 15) is 0 Å². The zero-order valence-corrected chi connectivity index (χ0v) is 11.5. The molecule has 1 aromatic carbocycles. The Balaban J connectivity index is 1.98. The summed E-state index contributed by atoms with van der Waals surface area (Å²) in [6, 6.07) is 8.43. The summed E-state index contributed by atoms with van der Waals surface area (Å²) in [6.45, 7) is 4.63. The number of rotatable bonds is 3. The van der Waals surface area contributed by atoms with Crippen LogP contribution in [0.2, 0.25) is 0 Å². The molecule has 0 radical (unpaired) electrons. The molecule has 0 bridgehead atoms. The van der Waals surface area contributed by atoms with Crippen molar-refractivity contribution in [3.63, 3.8) is 0 Å². The quantitative estimate of drug-likeness (QED) is 0.645. The number of nitriles is 1. The maximum Gasteiger partial charge on any atom is 0.193 e. The van der Waals surface area contributed by atoms with Crippen LogP contribution in [0.5, 0.6) is 0 Å². The van der Waals surface area contributed by atoms with E-state index in [4.69, 9.17) is 11.0 Å². The lowest BCUT2D eigenvalue weighted by molar-refractivity contribution is 0.226. The van der Waals surface area contributed by atoms with Crippen molar-refractivity contribution in [3.05, 3.63) is 29.3 Å². The van der Waals surface area contributed by atoms with Crippen molar-refractivity contribution in [2.45, 2.75) is 33.1 Å². The highest BCUT2D eigenvalue weighted by Crippen LogP contribution is 2.40. The summed E-state index contributed by atoms with van der Waals surface area (Å²) >= 11 is 0. The number of nitrogens with two attached hydrogens (primary N) is 1. The second-order valence-electron chi connectivity index (χ2n) is 5.37. The van der Waals surface area contributed by atoms with Gasteiger partial charge in [-0.2, -0.15) is 5.26 Å². The number of aliphatic imine (C=N–C) groups is 1. The summed E-state index contributed by atoms with van der Waals surface area (Å²) < 4.78 is 0. The Labute approximate surface area is 114 Å². The fraction of sp³-hybridized carbons (Fsp3) is 0.467. The molecular weight excluding hydrogens is 236 g/mol. The van der Waals surface area contributed by atoms with Gasteiger partial charge in [0.1, 0.15) is 0 Å². The van der Waals surface area contributed by atoms with Gasteiger partial charge in [-0.15, -0.1) is 0 Å². The second-order valence-corrected chi connectivity index (χ2v) is 5.37. The molecule has 0 amide bonds. The molecule has 2 rings (SSSR count). The Hall–Kier alpha value is -2.02. The molecule has 0 aliphatic heterocycles. The van der Waals surface area contributed by atoms with Gasteiger partial charge in [0.15, 0.2) is 5.96 Å². The first-order valence-corrected chi connectivity index (χ1v) is 6.60. The van der Waals surface area contributed by atoms with E-state index < -0.39 is 0 Å². The van der Waals surface area contributed by atoms with Crippen LogP contribution in [0.4, 0.5) is 5.69 Å². The van der Waals surface area contributed by atoms with Gasteiger partial charge in [0.25, 0.3) is 0 Å². The largest absolute Gasteiger partial charge is 0.370 e. The lowest BCUT2D eigenvalue weighted by Gasteiger charge is -2.33. The minimum absolute atomic E-state index is 0.268. The predicted molar refractivity (Wildman–Crippen MR) is 77.9 cm³/mol. The van der Waals surface area contributed by atoms with Crippen molar-refractivity contribution >= 4 is 11.6 Å². The number of nitrogens with one attached hydrogen (secondary N) is 1. The van der Waals surface area contributed by atoms with Crippen LogP contribution >= 0.6 is 0 Å². The number of nitrogens with zero attached hydrogens (tertiary/aromatic N) is 2. The van der Waals surface area contributed by atoms with E-state index in [1.54, 1.807) is 0 Å². The highest BCUT2D eigenvalue weighted by atomic mass is 15.1. The topological polar surface area (TPSA) is 74.2 Å². The summed E-state index contributed by atoms with van der Waals surface area (Å²) in [5, 5.41) is 12.2. The number of anilines is 1. The van der Waals surface area contributed by atoms with Gasteiger partial charge in [-0.05, 0) is 49.9 Å². The Morgan fingerprint density at radius 2 is 2.16 bits per heavy atom. The van der Waals surface area contributed by atoms with Gasteiger partial charge >= 0.3 is 0 Å². The van der Waals surface area contributed by atoms with E-state index in [-0.39, 0.29) is 5.41 Å². The second kappa shape index (κ2) is 5.31. The molecule has 1 aliphatic carbocycles. The van der Waals surface area contributed by atoms with Gasteiger partial charge in [-0.25, -0.2) is 0 Å². The first-order valence-electron chi connectivity index (χ1n) is 6.60. The van der Waals surface area contributed by atoms with Gasteiger partial charge < -0.3 is 11.1 Å². The standard InChI is InChI=1S/C15H20N4/c1-11-4-5-13(8-12(11)2)19-14(17)18-10-15(9-16)6-3-7-15/h4-5,8H,3,6-7,10H2,1-2H3,(H3,17,18,19). The third-order valence-electron chi connectivity index (χ3n) is 3.88. The zero-order valence-electron chi connectivity index (χ0n) is 11.5. The molecule has 0 spiro atoms. The minimum Gasteiger partial charge on any atom is -0.370 e. The van der Waals surface area contributed by atoms with Crippen LogP contribution in [0.1, 0.15) is 30.4 Å². The zero-order chi connectivity index (χ0) is 13.9. The monoisotopic (exact) mass is 256 g/mol. The molecule has 4 nitrogen and oxygen atoms in total. The van der Waals surface area contributed by atoms with Crippen LogP contribution < -0.4 is 11.1 Å². The molecule has 1 saturated carbocycles. The fourth-order valence-corrected chi connectivity index (χ4v) is 2.15. The first kappa shape index (κ1) is 13.4. The number of hydrogen-bond acceptors (Lipinski definition) is 2. The van der Waals surface area contributed by atoms with Crippen LogP contribution in [-0.2, 0) is 0 Å². The van der Waals surface area contributed by atoms with Crippen LogP contribution in [-0.4, -0.2) is 12.5 Å². The molecular formula is C15H20N4. The fourth-order valence-electron chi connectivity index (χ4n) is 2.15. The molecule has 1 fully saturated rings. The van der Waals surface area contributed by atoms with Gasteiger partial charge in [0.2, 0.25) is 0 Å². The van der Waals surface area contributed by atoms with Gasteiger partial charge in [0, 0.05) is 5.69 Å². The lowest BCUT2D eigenvalue weighted by atomic mass is 9.70. The van der Waals surface area contributed by atoms with Gasteiger partial charge in [-0.1, -0.05) is 12.5 Å². The number of aryl methyl sites for hydroxylation is 2. The van der Waals surface area contributed by atoms with Crippen molar-refractivity contribution in [1.29, 1.82) is 5.26 Å².